The maximum Gasteiger partial charge on any atom is 0.242 e. The highest BCUT2D eigenvalue weighted by molar-refractivity contribution is 8.00. The third-order valence-electron chi connectivity index (χ3n) is 6.07. The molecule has 1 saturated heterocycles. The maximum absolute atomic E-state index is 12.9. The lowest BCUT2D eigenvalue weighted by Gasteiger charge is -2.35. The summed E-state index contributed by atoms with van der Waals surface area (Å²) in [4.78, 5) is 30.0. The molecule has 2 aromatic rings. The van der Waals surface area contributed by atoms with Gasteiger partial charge in [-0.2, -0.15) is 0 Å². The van der Waals surface area contributed by atoms with Crippen molar-refractivity contribution in [2.24, 2.45) is 5.92 Å². The number of para-hydroxylation sites is 1. The number of carbonyl (C=O) groups excluding carboxylic acids is 2. The molecule has 6 heteroatoms. The number of thioether (sulfide) groups is 1. The van der Waals surface area contributed by atoms with E-state index in [1.54, 1.807) is 23.8 Å². The molecule has 0 N–H and O–H groups in total. The van der Waals surface area contributed by atoms with Gasteiger partial charge in [0.25, 0.3) is 0 Å². The Labute approximate surface area is 182 Å². The van der Waals surface area contributed by atoms with Crippen LogP contribution in [0.5, 0.6) is 5.75 Å². The van der Waals surface area contributed by atoms with Gasteiger partial charge in [0, 0.05) is 18.0 Å². The fourth-order valence-electron chi connectivity index (χ4n) is 4.20. The SMILES string of the molecule is COc1ccc(CCC2CCN(C(=O)CN3C(=O)CSc4ccccc43)CC2)cc1. The molecule has 0 aromatic heterocycles. The number of carbonyl (C=O) groups is 2. The van der Waals surface area contributed by atoms with Crippen molar-refractivity contribution in [3.63, 3.8) is 0 Å². The van der Waals surface area contributed by atoms with Gasteiger partial charge in [0.15, 0.2) is 0 Å². The molecule has 2 aliphatic rings. The number of amides is 2. The Hall–Kier alpha value is -2.47. The summed E-state index contributed by atoms with van der Waals surface area (Å²) < 4.78 is 5.22. The topological polar surface area (TPSA) is 49.9 Å². The van der Waals surface area contributed by atoms with Crippen molar-refractivity contribution in [2.75, 3.05) is 37.4 Å². The van der Waals surface area contributed by atoms with Crippen LogP contribution in [0.2, 0.25) is 0 Å². The molecule has 0 radical (unpaired) electrons. The Morgan fingerprint density at radius 2 is 1.83 bits per heavy atom. The molecule has 30 heavy (non-hydrogen) atoms. The van der Waals surface area contributed by atoms with Crippen molar-refractivity contribution < 1.29 is 14.3 Å². The third kappa shape index (κ3) is 4.81. The lowest BCUT2D eigenvalue weighted by Crippen LogP contribution is -2.47. The number of aryl methyl sites for hydroxylation is 1. The normalized spacial score (nSPS) is 17.0. The van der Waals surface area contributed by atoms with Gasteiger partial charge in [-0.3, -0.25) is 9.59 Å². The summed E-state index contributed by atoms with van der Waals surface area (Å²) in [5.41, 5.74) is 2.19. The third-order valence-corrected chi connectivity index (χ3v) is 7.12. The molecule has 5 nitrogen and oxygen atoms in total. The Bertz CT molecular complexity index is 892. The van der Waals surface area contributed by atoms with E-state index in [0.717, 1.165) is 55.1 Å². The minimum Gasteiger partial charge on any atom is -0.497 e. The van der Waals surface area contributed by atoms with E-state index in [0.29, 0.717) is 11.7 Å². The van der Waals surface area contributed by atoms with Crippen LogP contribution in [0.25, 0.3) is 0 Å². The number of methoxy groups -OCH3 is 1. The zero-order valence-corrected chi connectivity index (χ0v) is 18.2. The number of ether oxygens (including phenoxy) is 1. The van der Waals surface area contributed by atoms with Crippen LogP contribution < -0.4 is 9.64 Å². The summed E-state index contributed by atoms with van der Waals surface area (Å²) >= 11 is 1.55. The van der Waals surface area contributed by atoms with Gasteiger partial charge >= 0.3 is 0 Å². The van der Waals surface area contributed by atoms with Gasteiger partial charge in [-0.05, 0) is 61.4 Å². The molecule has 2 aliphatic heterocycles. The van der Waals surface area contributed by atoms with Crippen LogP contribution in [0.3, 0.4) is 0 Å². The molecule has 4 rings (SSSR count). The van der Waals surface area contributed by atoms with Gasteiger partial charge < -0.3 is 14.5 Å². The summed E-state index contributed by atoms with van der Waals surface area (Å²) in [5.74, 6) is 2.00. The summed E-state index contributed by atoms with van der Waals surface area (Å²) in [6.45, 7) is 1.71. The molecule has 0 unspecified atom stereocenters. The van der Waals surface area contributed by atoms with E-state index >= 15 is 0 Å². The zero-order valence-electron chi connectivity index (χ0n) is 17.4. The molecule has 0 bridgehead atoms. The molecule has 0 aliphatic carbocycles. The first kappa shape index (κ1) is 20.8. The average Bonchev–Trinajstić information content (AvgIpc) is 2.80. The van der Waals surface area contributed by atoms with E-state index in [1.807, 2.05) is 41.3 Å². The van der Waals surface area contributed by atoms with E-state index in [9.17, 15) is 9.59 Å². The van der Waals surface area contributed by atoms with Crippen LogP contribution in [0.4, 0.5) is 5.69 Å². The second kappa shape index (κ2) is 9.56. The maximum atomic E-state index is 12.9. The van der Waals surface area contributed by atoms with Crippen molar-refractivity contribution in [1.29, 1.82) is 0 Å². The monoisotopic (exact) mass is 424 g/mol. The molecule has 2 amide bonds. The molecular formula is C24H28N2O3S. The molecule has 0 atom stereocenters. The molecule has 2 heterocycles. The molecule has 158 valence electrons. The quantitative estimate of drug-likeness (QED) is 0.703. The molecule has 2 aromatic carbocycles. The minimum atomic E-state index is 0.0152. The van der Waals surface area contributed by atoms with E-state index in [1.165, 1.54) is 5.56 Å². The van der Waals surface area contributed by atoms with Gasteiger partial charge in [0.2, 0.25) is 11.8 Å². The standard InChI is InChI=1S/C24H28N2O3S/c1-29-20-10-8-18(9-11-20)6-7-19-12-14-25(15-13-19)23(27)16-26-21-4-2-3-5-22(21)30-17-24(26)28/h2-5,8-11,19H,6-7,12-17H2,1H3. The highest BCUT2D eigenvalue weighted by Gasteiger charge is 2.29. The lowest BCUT2D eigenvalue weighted by atomic mass is 9.90. The van der Waals surface area contributed by atoms with Gasteiger partial charge in [-0.1, -0.05) is 24.3 Å². The zero-order chi connectivity index (χ0) is 20.9. The number of anilines is 1. The van der Waals surface area contributed by atoms with Crippen LogP contribution in [-0.4, -0.2) is 49.2 Å². The summed E-state index contributed by atoms with van der Waals surface area (Å²) in [5, 5.41) is 0. The number of piperidine rings is 1. The average molecular weight is 425 g/mol. The van der Waals surface area contributed by atoms with E-state index in [2.05, 4.69) is 12.1 Å². The van der Waals surface area contributed by atoms with E-state index in [4.69, 9.17) is 4.74 Å². The fraction of sp³-hybridized carbons (Fsp3) is 0.417. The number of rotatable bonds is 6. The van der Waals surface area contributed by atoms with Gasteiger partial charge in [0.05, 0.1) is 18.6 Å². The largest absolute Gasteiger partial charge is 0.497 e. The minimum absolute atomic E-state index is 0.0152. The second-order valence-corrected chi connectivity index (χ2v) is 8.96. The van der Waals surface area contributed by atoms with Crippen LogP contribution >= 0.6 is 11.8 Å². The number of hydrogen-bond donors (Lipinski definition) is 0. The molecule has 0 saturated carbocycles. The predicted octanol–water partition coefficient (Wildman–Crippen LogP) is 4.01. The number of nitrogens with zero attached hydrogens (tertiary/aromatic N) is 2. The molecule has 1 fully saturated rings. The Morgan fingerprint density at radius 1 is 1.10 bits per heavy atom. The predicted molar refractivity (Wildman–Crippen MR) is 120 cm³/mol. The number of hydrogen-bond acceptors (Lipinski definition) is 4. The fourth-order valence-corrected chi connectivity index (χ4v) is 5.13. The Kier molecular flexibility index (Phi) is 6.62. The summed E-state index contributed by atoms with van der Waals surface area (Å²) in [6.07, 6.45) is 4.26. The van der Waals surface area contributed by atoms with Crippen LogP contribution in [0.15, 0.2) is 53.4 Å². The van der Waals surface area contributed by atoms with E-state index in [-0.39, 0.29) is 18.4 Å². The number of likely N-dealkylation sites (tertiary alicyclic amines) is 1. The van der Waals surface area contributed by atoms with Crippen molar-refractivity contribution in [2.45, 2.75) is 30.6 Å². The van der Waals surface area contributed by atoms with Crippen LogP contribution in [0, 0.1) is 5.92 Å². The van der Waals surface area contributed by atoms with Crippen LogP contribution in [-0.2, 0) is 16.0 Å². The Morgan fingerprint density at radius 3 is 2.57 bits per heavy atom. The van der Waals surface area contributed by atoms with Crippen LogP contribution in [0.1, 0.15) is 24.8 Å². The smallest absolute Gasteiger partial charge is 0.242 e. The van der Waals surface area contributed by atoms with Gasteiger partial charge in [-0.15, -0.1) is 11.8 Å². The first-order valence-electron chi connectivity index (χ1n) is 10.6. The van der Waals surface area contributed by atoms with Gasteiger partial charge in [-0.25, -0.2) is 0 Å². The Balaban J connectivity index is 1.27. The van der Waals surface area contributed by atoms with Crippen molar-refractivity contribution >= 4 is 29.3 Å². The van der Waals surface area contributed by atoms with E-state index < -0.39 is 0 Å². The van der Waals surface area contributed by atoms with Crippen molar-refractivity contribution in [3.05, 3.63) is 54.1 Å². The molecule has 0 spiro atoms. The summed E-state index contributed by atoms with van der Waals surface area (Å²) in [6, 6.07) is 16.1. The highest BCUT2D eigenvalue weighted by atomic mass is 32.2. The van der Waals surface area contributed by atoms with Crippen molar-refractivity contribution in [3.8, 4) is 5.75 Å². The second-order valence-electron chi connectivity index (χ2n) is 7.95. The highest BCUT2D eigenvalue weighted by Crippen LogP contribution is 2.35. The number of fused-ring (bicyclic) bond motifs is 1. The molecular weight excluding hydrogens is 396 g/mol. The van der Waals surface area contributed by atoms with Crippen molar-refractivity contribution in [1.82, 2.24) is 4.90 Å². The number of benzene rings is 2. The summed E-state index contributed by atoms with van der Waals surface area (Å²) in [7, 11) is 1.68. The lowest BCUT2D eigenvalue weighted by molar-refractivity contribution is -0.132. The first-order chi connectivity index (χ1) is 14.6. The van der Waals surface area contributed by atoms with Gasteiger partial charge in [0.1, 0.15) is 12.3 Å². The first-order valence-corrected chi connectivity index (χ1v) is 11.6.